The number of aromatic nitrogens is 1. The van der Waals surface area contributed by atoms with Gasteiger partial charge in [-0.15, -0.1) is 0 Å². The maximum Gasteiger partial charge on any atom is 0.338 e. The SMILES string of the molecule is CCCCCOC(=O)c1ccc(NC(=O)c2cncc(Br)c2)cc1. The van der Waals surface area contributed by atoms with Gasteiger partial charge in [0, 0.05) is 22.6 Å². The third kappa shape index (κ3) is 5.45. The van der Waals surface area contributed by atoms with Gasteiger partial charge >= 0.3 is 5.97 Å². The van der Waals surface area contributed by atoms with E-state index in [4.69, 9.17) is 4.74 Å². The van der Waals surface area contributed by atoms with E-state index < -0.39 is 0 Å². The van der Waals surface area contributed by atoms with Crippen LogP contribution in [0.4, 0.5) is 5.69 Å². The molecular formula is C18H19BrN2O3. The average Bonchev–Trinajstić information content (AvgIpc) is 2.59. The molecule has 2 aromatic rings. The Morgan fingerprint density at radius 1 is 1.12 bits per heavy atom. The molecule has 0 radical (unpaired) electrons. The minimum atomic E-state index is -0.347. The molecule has 2 rings (SSSR count). The highest BCUT2D eigenvalue weighted by atomic mass is 79.9. The van der Waals surface area contributed by atoms with Crippen LogP contribution < -0.4 is 5.32 Å². The lowest BCUT2D eigenvalue weighted by molar-refractivity contribution is 0.0498. The Morgan fingerprint density at radius 3 is 2.54 bits per heavy atom. The summed E-state index contributed by atoms with van der Waals surface area (Å²) in [7, 11) is 0. The van der Waals surface area contributed by atoms with Crippen molar-refractivity contribution in [2.45, 2.75) is 26.2 Å². The van der Waals surface area contributed by atoms with Gasteiger partial charge in [0.05, 0.1) is 17.7 Å². The van der Waals surface area contributed by atoms with Crippen LogP contribution >= 0.6 is 15.9 Å². The molecule has 5 nitrogen and oxygen atoms in total. The van der Waals surface area contributed by atoms with E-state index in [1.807, 2.05) is 0 Å². The molecule has 126 valence electrons. The predicted molar refractivity (Wildman–Crippen MR) is 96.1 cm³/mol. The Hall–Kier alpha value is -2.21. The number of pyridine rings is 1. The number of nitrogens with zero attached hydrogens (tertiary/aromatic N) is 1. The van der Waals surface area contributed by atoms with Crippen LogP contribution in [-0.2, 0) is 4.74 Å². The number of benzene rings is 1. The second-order valence-electron chi connectivity index (χ2n) is 5.27. The zero-order chi connectivity index (χ0) is 17.4. The number of esters is 1. The molecule has 0 fully saturated rings. The fourth-order valence-electron chi connectivity index (χ4n) is 2.03. The lowest BCUT2D eigenvalue weighted by Gasteiger charge is -2.07. The van der Waals surface area contributed by atoms with Crippen molar-refractivity contribution in [2.75, 3.05) is 11.9 Å². The lowest BCUT2D eigenvalue weighted by atomic mass is 10.2. The van der Waals surface area contributed by atoms with Crippen LogP contribution in [0.5, 0.6) is 0 Å². The van der Waals surface area contributed by atoms with Crippen molar-refractivity contribution in [3.63, 3.8) is 0 Å². The molecule has 0 bridgehead atoms. The lowest BCUT2D eigenvalue weighted by Crippen LogP contribution is -2.12. The zero-order valence-corrected chi connectivity index (χ0v) is 15.0. The number of rotatable bonds is 7. The molecule has 1 aromatic carbocycles. The molecule has 1 amide bonds. The van der Waals surface area contributed by atoms with Crippen molar-refractivity contribution in [1.82, 2.24) is 4.98 Å². The summed E-state index contributed by atoms with van der Waals surface area (Å²) in [6.07, 6.45) is 6.10. The summed E-state index contributed by atoms with van der Waals surface area (Å²) in [6, 6.07) is 8.30. The minimum absolute atomic E-state index is 0.265. The van der Waals surface area contributed by atoms with Crippen molar-refractivity contribution in [2.24, 2.45) is 0 Å². The predicted octanol–water partition coefficient (Wildman–Crippen LogP) is 4.44. The zero-order valence-electron chi connectivity index (χ0n) is 13.4. The van der Waals surface area contributed by atoms with Gasteiger partial charge in [-0.2, -0.15) is 0 Å². The van der Waals surface area contributed by atoms with Gasteiger partial charge in [-0.1, -0.05) is 19.8 Å². The van der Waals surface area contributed by atoms with E-state index in [1.54, 1.807) is 36.5 Å². The quantitative estimate of drug-likeness (QED) is 0.560. The van der Waals surface area contributed by atoms with Crippen LogP contribution in [0.3, 0.4) is 0 Å². The summed E-state index contributed by atoms with van der Waals surface area (Å²) in [6.45, 7) is 2.53. The summed E-state index contributed by atoms with van der Waals surface area (Å²) in [5.41, 5.74) is 1.51. The maximum absolute atomic E-state index is 12.1. The number of anilines is 1. The monoisotopic (exact) mass is 390 g/mol. The molecule has 0 saturated heterocycles. The molecular weight excluding hydrogens is 372 g/mol. The Morgan fingerprint density at radius 2 is 1.88 bits per heavy atom. The fourth-order valence-corrected chi connectivity index (χ4v) is 2.39. The normalized spacial score (nSPS) is 10.2. The highest BCUT2D eigenvalue weighted by molar-refractivity contribution is 9.10. The Balaban J connectivity index is 1.92. The van der Waals surface area contributed by atoms with Gasteiger partial charge in [0.1, 0.15) is 0 Å². The van der Waals surface area contributed by atoms with Crippen LogP contribution in [0.25, 0.3) is 0 Å². The number of amides is 1. The number of halogens is 1. The van der Waals surface area contributed by atoms with Crippen molar-refractivity contribution in [1.29, 1.82) is 0 Å². The standard InChI is InChI=1S/C18H19BrN2O3/c1-2-3-4-9-24-18(23)13-5-7-16(8-6-13)21-17(22)14-10-15(19)12-20-11-14/h5-8,10-12H,2-4,9H2,1H3,(H,21,22). The first-order chi connectivity index (χ1) is 11.6. The van der Waals surface area contributed by atoms with Gasteiger partial charge in [-0.3, -0.25) is 9.78 Å². The van der Waals surface area contributed by atoms with Crippen molar-refractivity contribution >= 4 is 33.5 Å². The largest absolute Gasteiger partial charge is 0.462 e. The number of hydrogen-bond donors (Lipinski definition) is 1. The van der Waals surface area contributed by atoms with Gasteiger partial charge in [-0.05, 0) is 52.7 Å². The molecule has 0 aliphatic rings. The molecule has 0 spiro atoms. The third-order valence-electron chi connectivity index (χ3n) is 3.33. The van der Waals surface area contributed by atoms with Gasteiger partial charge in [-0.25, -0.2) is 4.79 Å². The number of unbranched alkanes of at least 4 members (excludes halogenated alkanes) is 2. The molecule has 0 saturated carbocycles. The number of hydrogen-bond acceptors (Lipinski definition) is 4. The number of carbonyl (C=O) groups is 2. The van der Waals surface area contributed by atoms with Crippen LogP contribution in [0, 0.1) is 0 Å². The molecule has 0 atom stereocenters. The smallest absolute Gasteiger partial charge is 0.338 e. The molecule has 1 heterocycles. The minimum Gasteiger partial charge on any atom is -0.462 e. The first-order valence-electron chi connectivity index (χ1n) is 7.79. The summed E-state index contributed by atoms with van der Waals surface area (Å²) in [5.74, 6) is -0.612. The van der Waals surface area contributed by atoms with Crippen molar-refractivity contribution in [3.8, 4) is 0 Å². The molecule has 0 aliphatic heterocycles. The molecule has 1 aromatic heterocycles. The van der Waals surface area contributed by atoms with E-state index in [2.05, 4.69) is 33.2 Å². The van der Waals surface area contributed by atoms with E-state index in [0.29, 0.717) is 23.4 Å². The second kappa shape index (κ2) is 9.17. The summed E-state index contributed by atoms with van der Waals surface area (Å²) < 4.78 is 5.93. The van der Waals surface area contributed by atoms with E-state index in [0.717, 1.165) is 23.7 Å². The Kier molecular flexibility index (Phi) is 6.93. The third-order valence-corrected chi connectivity index (χ3v) is 3.76. The summed E-state index contributed by atoms with van der Waals surface area (Å²) in [4.78, 5) is 28.0. The number of ether oxygens (including phenoxy) is 1. The van der Waals surface area contributed by atoms with Crippen LogP contribution in [0.1, 0.15) is 46.9 Å². The fraction of sp³-hybridized carbons (Fsp3) is 0.278. The number of nitrogens with one attached hydrogen (secondary N) is 1. The molecule has 24 heavy (non-hydrogen) atoms. The van der Waals surface area contributed by atoms with Crippen molar-refractivity contribution in [3.05, 3.63) is 58.3 Å². The van der Waals surface area contributed by atoms with Crippen molar-refractivity contribution < 1.29 is 14.3 Å². The molecule has 1 N–H and O–H groups in total. The van der Waals surface area contributed by atoms with Crippen LogP contribution in [-0.4, -0.2) is 23.5 Å². The van der Waals surface area contributed by atoms with Gasteiger partial charge in [0.2, 0.25) is 0 Å². The first-order valence-corrected chi connectivity index (χ1v) is 8.58. The molecule has 0 aliphatic carbocycles. The Labute approximate surface area is 149 Å². The van der Waals surface area contributed by atoms with Gasteiger partial charge < -0.3 is 10.1 Å². The van der Waals surface area contributed by atoms with E-state index in [1.165, 1.54) is 6.20 Å². The summed E-state index contributed by atoms with van der Waals surface area (Å²) >= 11 is 3.28. The highest BCUT2D eigenvalue weighted by Gasteiger charge is 2.09. The second-order valence-corrected chi connectivity index (χ2v) is 6.18. The number of carbonyl (C=O) groups excluding carboxylic acids is 2. The van der Waals surface area contributed by atoms with Gasteiger partial charge in [0.25, 0.3) is 5.91 Å². The molecule has 6 heteroatoms. The van der Waals surface area contributed by atoms with E-state index >= 15 is 0 Å². The maximum atomic E-state index is 12.1. The molecule has 0 unspecified atom stereocenters. The van der Waals surface area contributed by atoms with E-state index in [-0.39, 0.29) is 11.9 Å². The average molecular weight is 391 g/mol. The topological polar surface area (TPSA) is 68.3 Å². The van der Waals surface area contributed by atoms with Gasteiger partial charge in [0.15, 0.2) is 0 Å². The van der Waals surface area contributed by atoms with E-state index in [9.17, 15) is 9.59 Å². The highest BCUT2D eigenvalue weighted by Crippen LogP contribution is 2.14. The summed E-state index contributed by atoms with van der Waals surface area (Å²) in [5, 5.41) is 2.76. The Bertz CT molecular complexity index is 702. The van der Waals surface area contributed by atoms with Crippen LogP contribution in [0.2, 0.25) is 0 Å². The van der Waals surface area contributed by atoms with Crippen LogP contribution in [0.15, 0.2) is 47.2 Å². The first kappa shape index (κ1) is 18.1.